The van der Waals surface area contributed by atoms with Gasteiger partial charge in [-0.3, -0.25) is 0 Å². The third-order valence-corrected chi connectivity index (χ3v) is 11.9. The first-order valence-electron chi connectivity index (χ1n) is 10.6. The number of hydrogen-bond donors (Lipinski definition) is 0. The molecule has 6 heteroatoms. The SMILES string of the molecule is COc1cccc2c1[P@](CC(C)C)[C@H]([C@@H]1Oc3cccc(OC)c3[P@]1CC(C)C)O2. The van der Waals surface area contributed by atoms with Gasteiger partial charge in [-0.2, -0.15) is 0 Å². The summed E-state index contributed by atoms with van der Waals surface area (Å²) in [5, 5.41) is 2.53. The minimum Gasteiger partial charge on any atom is -0.496 e. The molecule has 0 N–H and O–H groups in total. The van der Waals surface area contributed by atoms with Crippen LogP contribution in [0.4, 0.5) is 0 Å². The Hall–Kier alpha value is -1.50. The molecule has 0 radical (unpaired) electrons. The van der Waals surface area contributed by atoms with E-state index in [0.717, 1.165) is 35.3 Å². The number of fused-ring (bicyclic) bond motifs is 2. The molecule has 0 saturated carbocycles. The first kappa shape index (κ1) is 21.7. The van der Waals surface area contributed by atoms with Gasteiger partial charge in [-0.25, -0.2) is 0 Å². The molecular formula is C24H32O4P2. The Morgan fingerprint density at radius 2 is 1.13 bits per heavy atom. The molecule has 0 spiro atoms. The Kier molecular flexibility index (Phi) is 6.47. The molecule has 162 valence electrons. The smallest absolute Gasteiger partial charge is 0.162 e. The van der Waals surface area contributed by atoms with Crippen LogP contribution in [0.5, 0.6) is 23.0 Å². The van der Waals surface area contributed by atoms with Gasteiger partial charge in [0, 0.05) is 0 Å². The van der Waals surface area contributed by atoms with Crippen LogP contribution in [-0.4, -0.2) is 38.2 Å². The summed E-state index contributed by atoms with van der Waals surface area (Å²) in [5.74, 6) is 5.06. The van der Waals surface area contributed by atoms with E-state index in [1.54, 1.807) is 14.2 Å². The van der Waals surface area contributed by atoms with Gasteiger partial charge in [-0.05, 0) is 64.3 Å². The zero-order chi connectivity index (χ0) is 21.4. The van der Waals surface area contributed by atoms with E-state index in [1.165, 1.54) is 10.6 Å². The average molecular weight is 446 g/mol. The molecule has 0 aromatic heterocycles. The molecule has 0 saturated heterocycles. The van der Waals surface area contributed by atoms with Crippen LogP contribution < -0.4 is 29.6 Å². The van der Waals surface area contributed by atoms with Crippen molar-refractivity contribution in [3.05, 3.63) is 36.4 Å². The molecule has 4 rings (SSSR count). The highest BCUT2D eigenvalue weighted by atomic mass is 31.1. The van der Waals surface area contributed by atoms with Gasteiger partial charge in [0.05, 0.1) is 24.8 Å². The van der Waals surface area contributed by atoms with E-state index >= 15 is 0 Å². The van der Waals surface area contributed by atoms with Crippen LogP contribution in [0.15, 0.2) is 36.4 Å². The summed E-state index contributed by atoms with van der Waals surface area (Å²) in [6.45, 7) is 9.15. The Morgan fingerprint density at radius 1 is 0.733 bits per heavy atom. The fourth-order valence-electron chi connectivity index (χ4n) is 4.33. The zero-order valence-electron chi connectivity index (χ0n) is 18.7. The fraction of sp³-hybridized carbons (Fsp3) is 0.500. The molecule has 0 bridgehead atoms. The Labute approximate surface area is 182 Å². The van der Waals surface area contributed by atoms with Crippen molar-refractivity contribution in [3.63, 3.8) is 0 Å². The maximum absolute atomic E-state index is 6.66. The van der Waals surface area contributed by atoms with Crippen LogP contribution in [0.25, 0.3) is 0 Å². The van der Waals surface area contributed by atoms with Crippen molar-refractivity contribution < 1.29 is 18.9 Å². The van der Waals surface area contributed by atoms with Gasteiger partial charge in [0.25, 0.3) is 0 Å². The minimum atomic E-state index is -0.566. The molecule has 0 aliphatic carbocycles. The molecule has 0 unspecified atom stereocenters. The summed E-state index contributed by atoms with van der Waals surface area (Å²) < 4.78 is 24.8. The third-order valence-electron chi connectivity index (χ3n) is 5.42. The van der Waals surface area contributed by atoms with Crippen molar-refractivity contribution in [2.24, 2.45) is 11.8 Å². The highest BCUT2D eigenvalue weighted by Crippen LogP contribution is 2.63. The lowest BCUT2D eigenvalue weighted by Crippen LogP contribution is -2.32. The van der Waals surface area contributed by atoms with Crippen molar-refractivity contribution in [1.82, 2.24) is 0 Å². The van der Waals surface area contributed by atoms with Crippen molar-refractivity contribution in [3.8, 4) is 23.0 Å². The number of ether oxygens (including phenoxy) is 4. The average Bonchev–Trinajstić information content (AvgIpc) is 3.25. The summed E-state index contributed by atoms with van der Waals surface area (Å²) in [6, 6.07) is 12.3. The fourth-order valence-corrected chi connectivity index (χ4v) is 11.1. The summed E-state index contributed by atoms with van der Waals surface area (Å²) in [7, 11) is 2.38. The lowest BCUT2D eigenvalue weighted by molar-refractivity contribution is 0.173. The largest absolute Gasteiger partial charge is 0.496 e. The minimum absolute atomic E-state index is 0.0377. The zero-order valence-corrected chi connectivity index (χ0v) is 20.5. The van der Waals surface area contributed by atoms with E-state index in [0.29, 0.717) is 11.8 Å². The third kappa shape index (κ3) is 3.90. The van der Waals surface area contributed by atoms with Crippen molar-refractivity contribution >= 4 is 26.5 Å². The van der Waals surface area contributed by atoms with Crippen molar-refractivity contribution in [2.45, 2.75) is 39.4 Å². The van der Waals surface area contributed by atoms with Crippen LogP contribution in [-0.2, 0) is 0 Å². The lowest BCUT2D eigenvalue weighted by atomic mass is 10.3. The first-order valence-corrected chi connectivity index (χ1v) is 13.8. The topological polar surface area (TPSA) is 36.9 Å². The van der Waals surface area contributed by atoms with Gasteiger partial charge in [-0.15, -0.1) is 0 Å². The van der Waals surface area contributed by atoms with E-state index in [4.69, 9.17) is 18.9 Å². The Balaban J connectivity index is 1.76. The highest BCUT2D eigenvalue weighted by Gasteiger charge is 2.49. The van der Waals surface area contributed by atoms with Crippen LogP contribution in [0.3, 0.4) is 0 Å². The number of benzene rings is 2. The maximum Gasteiger partial charge on any atom is 0.162 e. The standard InChI is InChI=1S/C24H32O4P2/c1-15(2)13-29-21-17(25-5)9-7-11-19(21)27-23(29)24-28-20-12-8-10-18(26-6)22(20)30(24)14-16(3)4/h7-12,15-16,23-24H,13-14H2,1-6H3/t23-,24-,29+,30+/m1/s1. The van der Waals surface area contributed by atoms with Gasteiger partial charge < -0.3 is 18.9 Å². The summed E-state index contributed by atoms with van der Waals surface area (Å²) in [4.78, 5) is 0. The molecule has 2 aromatic rings. The number of methoxy groups -OCH3 is 2. The van der Waals surface area contributed by atoms with E-state index in [9.17, 15) is 0 Å². The van der Waals surface area contributed by atoms with Gasteiger partial charge >= 0.3 is 0 Å². The molecule has 2 aromatic carbocycles. The molecule has 2 aliphatic rings. The van der Waals surface area contributed by atoms with Gasteiger partial charge in [-0.1, -0.05) is 39.8 Å². The molecule has 2 heterocycles. The van der Waals surface area contributed by atoms with Crippen LogP contribution >= 0.6 is 15.8 Å². The molecule has 30 heavy (non-hydrogen) atoms. The molecular weight excluding hydrogens is 414 g/mol. The van der Waals surface area contributed by atoms with E-state index in [-0.39, 0.29) is 11.7 Å². The second-order valence-corrected chi connectivity index (χ2v) is 13.2. The Morgan fingerprint density at radius 3 is 1.47 bits per heavy atom. The molecule has 4 atom stereocenters. The first-order chi connectivity index (χ1) is 14.4. The van der Waals surface area contributed by atoms with Gasteiger partial charge in [0.1, 0.15) is 23.0 Å². The molecule has 0 fully saturated rings. The summed E-state index contributed by atoms with van der Waals surface area (Å²) in [5.41, 5.74) is 0. The predicted octanol–water partition coefficient (Wildman–Crippen LogP) is 5.37. The highest BCUT2D eigenvalue weighted by molar-refractivity contribution is 7.71. The van der Waals surface area contributed by atoms with Crippen LogP contribution in [0.1, 0.15) is 27.7 Å². The second kappa shape index (κ2) is 8.93. The normalized spacial score (nSPS) is 24.4. The molecule has 4 nitrogen and oxygen atoms in total. The quantitative estimate of drug-likeness (QED) is 0.536. The van der Waals surface area contributed by atoms with Crippen molar-refractivity contribution in [1.29, 1.82) is 0 Å². The van der Waals surface area contributed by atoms with E-state index in [1.807, 2.05) is 12.1 Å². The lowest BCUT2D eigenvalue weighted by Gasteiger charge is -2.30. The van der Waals surface area contributed by atoms with Crippen molar-refractivity contribution in [2.75, 3.05) is 26.5 Å². The maximum atomic E-state index is 6.66. The monoisotopic (exact) mass is 446 g/mol. The van der Waals surface area contributed by atoms with E-state index in [2.05, 4.69) is 52.0 Å². The van der Waals surface area contributed by atoms with Gasteiger partial charge in [0.15, 0.2) is 11.7 Å². The van der Waals surface area contributed by atoms with Crippen LogP contribution in [0.2, 0.25) is 0 Å². The number of rotatable bonds is 7. The molecule has 0 amide bonds. The van der Waals surface area contributed by atoms with Crippen LogP contribution in [0, 0.1) is 11.8 Å². The molecule has 2 aliphatic heterocycles. The number of hydrogen-bond acceptors (Lipinski definition) is 4. The van der Waals surface area contributed by atoms with Gasteiger partial charge in [0.2, 0.25) is 0 Å². The Bertz CT molecular complexity index is 825. The van der Waals surface area contributed by atoms with E-state index < -0.39 is 15.8 Å². The second-order valence-electron chi connectivity index (χ2n) is 8.72. The summed E-state index contributed by atoms with van der Waals surface area (Å²) >= 11 is 0. The predicted molar refractivity (Wildman–Crippen MR) is 127 cm³/mol. The summed E-state index contributed by atoms with van der Waals surface area (Å²) in [6.07, 6.45) is 2.21.